The highest BCUT2D eigenvalue weighted by molar-refractivity contribution is 5.94. The molecule has 0 bridgehead atoms. The lowest BCUT2D eigenvalue weighted by atomic mass is 9.97. The number of benzene rings is 1. The van der Waals surface area contributed by atoms with E-state index in [-0.39, 0.29) is 11.7 Å². The van der Waals surface area contributed by atoms with E-state index in [0.717, 1.165) is 31.5 Å². The van der Waals surface area contributed by atoms with Gasteiger partial charge in [-0.2, -0.15) is 0 Å². The number of ether oxygens (including phenoxy) is 1. The third-order valence-corrected chi connectivity index (χ3v) is 3.63. The number of hydrogen-bond donors (Lipinski definition) is 1. The van der Waals surface area contributed by atoms with Gasteiger partial charge >= 0.3 is 6.36 Å². The van der Waals surface area contributed by atoms with Crippen LogP contribution in [0.4, 0.5) is 13.2 Å². The van der Waals surface area contributed by atoms with Crippen LogP contribution in [0.25, 0.3) is 0 Å². The van der Waals surface area contributed by atoms with Crippen molar-refractivity contribution in [3.63, 3.8) is 0 Å². The van der Waals surface area contributed by atoms with Gasteiger partial charge in [0.05, 0.1) is 0 Å². The number of nitrogens with zero attached hydrogens (tertiary/aromatic N) is 1. The first-order chi connectivity index (χ1) is 10.4. The molecule has 4 nitrogen and oxygen atoms in total. The van der Waals surface area contributed by atoms with Crippen molar-refractivity contribution in [3.8, 4) is 5.75 Å². The van der Waals surface area contributed by atoms with Crippen LogP contribution >= 0.6 is 0 Å². The Balaban J connectivity index is 2.00. The summed E-state index contributed by atoms with van der Waals surface area (Å²) in [5.41, 5.74) is 0.375. The van der Waals surface area contributed by atoms with Gasteiger partial charge in [0, 0.05) is 18.7 Å². The molecule has 1 amide bonds. The maximum absolute atomic E-state index is 12.4. The van der Waals surface area contributed by atoms with Crippen molar-refractivity contribution in [2.75, 3.05) is 26.7 Å². The van der Waals surface area contributed by atoms with Gasteiger partial charge in [-0.25, -0.2) is 0 Å². The van der Waals surface area contributed by atoms with E-state index < -0.39 is 6.36 Å². The van der Waals surface area contributed by atoms with Gasteiger partial charge in [0.1, 0.15) is 5.75 Å². The van der Waals surface area contributed by atoms with Crippen LogP contribution in [0, 0.1) is 5.92 Å². The van der Waals surface area contributed by atoms with Gasteiger partial charge in [0.2, 0.25) is 0 Å². The molecule has 2 rings (SSSR count). The molecule has 1 fully saturated rings. The molecule has 1 N–H and O–H groups in total. The van der Waals surface area contributed by atoms with Crippen molar-refractivity contribution in [1.29, 1.82) is 0 Å². The standard InChI is InChI=1S/C15H19F3N2O2/c1-19-9-11-3-2-8-20(10-11)14(21)12-4-6-13(7-5-12)22-15(16,17)18/h4-7,11,19H,2-3,8-10H2,1H3. The summed E-state index contributed by atoms with van der Waals surface area (Å²) in [5.74, 6) is -0.0642. The van der Waals surface area contributed by atoms with Crippen LogP contribution < -0.4 is 10.1 Å². The van der Waals surface area contributed by atoms with Crippen LogP contribution in [0.15, 0.2) is 24.3 Å². The summed E-state index contributed by atoms with van der Waals surface area (Å²) in [6.07, 6.45) is -2.71. The van der Waals surface area contributed by atoms with Gasteiger partial charge < -0.3 is 15.0 Å². The van der Waals surface area contributed by atoms with Gasteiger partial charge in [-0.1, -0.05) is 0 Å². The second-order valence-corrected chi connectivity index (χ2v) is 5.39. The highest BCUT2D eigenvalue weighted by Gasteiger charge is 2.31. The lowest BCUT2D eigenvalue weighted by Gasteiger charge is -2.32. The van der Waals surface area contributed by atoms with E-state index in [1.54, 1.807) is 4.90 Å². The Morgan fingerprint density at radius 1 is 1.36 bits per heavy atom. The highest BCUT2D eigenvalue weighted by atomic mass is 19.4. The molecule has 1 aromatic carbocycles. The number of likely N-dealkylation sites (tertiary alicyclic amines) is 1. The molecule has 0 saturated carbocycles. The Hall–Kier alpha value is -1.76. The molecular formula is C15H19F3N2O2. The van der Waals surface area contributed by atoms with Crippen LogP contribution in [0.2, 0.25) is 0 Å². The number of nitrogens with one attached hydrogen (secondary N) is 1. The van der Waals surface area contributed by atoms with Crippen molar-refractivity contribution < 1.29 is 22.7 Å². The molecule has 7 heteroatoms. The quantitative estimate of drug-likeness (QED) is 0.928. The number of alkyl halides is 3. The van der Waals surface area contributed by atoms with Gasteiger partial charge in [-0.15, -0.1) is 13.2 Å². The van der Waals surface area contributed by atoms with Crippen molar-refractivity contribution in [3.05, 3.63) is 29.8 Å². The van der Waals surface area contributed by atoms with Crippen LogP contribution in [0.5, 0.6) is 5.75 Å². The van der Waals surface area contributed by atoms with E-state index in [0.29, 0.717) is 24.6 Å². The van der Waals surface area contributed by atoms with Crippen LogP contribution in [0.3, 0.4) is 0 Å². The van der Waals surface area contributed by atoms with E-state index >= 15 is 0 Å². The average Bonchev–Trinajstić information content (AvgIpc) is 2.46. The van der Waals surface area contributed by atoms with Crippen molar-refractivity contribution in [2.45, 2.75) is 19.2 Å². The molecule has 1 aliphatic heterocycles. The van der Waals surface area contributed by atoms with E-state index in [1.165, 1.54) is 12.1 Å². The summed E-state index contributed by atoms with van der Waals surface area (Å²) in [5, 5.41) is 3.10. The monoisotopic (exact) mass is 316 g/mol. The largest absolute Gasteiger partial charge is 0.573 e. The molecule has 1 heterocycles. The first-order valence-electron chi connectivity index (χ1n) is 7.19. The normalized spacial score (nSPS) is 19.1. The topological polar surface area (TPSA) is 41.6 Å². The maximum Gasteiger partial charge on any atom is 0.573 e. The molecular weight excluding hydrogens is 297 g/mol. The minimum Gasteiger partial charge on any atom is -0.406 e. The van der Waals surface area contributed by atoms with Gasteiger partial charge in [-0.3, -0.25) is 4.79 Å². The summed E-state index contributed by atoms with van der Waals surface area (Å²) in [6, 6.07) is 5.06. The lowest BCUT2D eigenvalue weighted by molar-refractivity contribution is -0.274. The predicted octanol–water partition coefficient (Wildman–Crippen LogP) is 2.66. The van der Waals surface area contributed by atoms with E-state index in [9.17, 15) is 18.0 Å². The number of piperidine rings is 1. The zero-order valence-electron chi connectivity index (χ0n) is 12.3. The second-order valence-electron chi connectivity index (χ2n) is 5.39. The molecule has 0 aliphatic carbocycles. The summed E-state index contributed by atoms with van der Waals surface area (Å²) in [7, 11) is 1.88. The molecule has 1 aromatic rings. The summed E-state index contributed by atoms with van der Waals surface area (Å²) < 4.78 is 40.1. The SMILES string of the molecule is CNCC1CCCN(C(=O)c2ccc(OC(F)(F)F)cc2)C1. The van der Waals surface area contributed by atoms with Crippen molar-refractivity contribution >= 4 is 5.91 Å². The zero-order chi connectivity index (χ0) is 16.2. The Labute approximate surface area is 127 Å². The molecule has 0 spiro atoms. The molecule has 1 atom stereocenters. The smallest absolute Gasteiger partial charge is 0.406 e. The summed E-state index contributed by atoms with van der Waals surface area (Å²) >= 11 is 0. The van der Waals surface area contributed by atoms with Crippen molar-refractivity contribution in [1.82, 2.24) is 10.2 Å². The molecule has 0 radical (unpaired) electrons. The Morgan fingerprint density at radius 3 is 2.64 bits per heavy atom. The fourth-order valence-corrected chi connectivity index (χ4v) is 2.69. The predicted molar refractivity (Wildman–Crippen MR) is 75.7 cm³/mol. The van der Waals surface area contributed by atoms with Crippen LogP contribution in [-0.2, 0) is 0 Å². The van der Waals surface area contributed by atoms with E-state index in [4.69, 9.17) is 0 Å². The maximum atomic E-state index is 12.4. The fraction of sp³-hybridized carbons (Fsp3) is 0.533. The van der Waals surface area contributed by atoms with Crippen molar-refractivity contribution in [2.24, 2.45) is 5.92 Å². The number of halogens is 3. The van der Waals surface area contributed by atoms with Crippen LogP contribution in [0.1, 0.15) is 23.2 Å². The van der Waals surface area contributed by atoms with Crippen LogP contribution in [-0.4, -0.2) is 43.9 Å². The molecule has 1 saturated heterocycles. The fourth-order valence-electron chi connectivity index (χ4n) is 2.69. The highest BCUT2D eigenvalue weighted by Crippen LogP contribution is 2.24. The first kappa shape index (κ1) is 16.6. The number of amides is 1. The molecule has 22 heavy (non-hydrogen) atoms. The molecule has 122 valence electrons. The lowest BCUT2D eigenvalue weighted by Crippen LogP contribution is -2.42. The minimum absolute atomic E-state index is 0.153. The number of rotatable bonds is 4. The zero-order valence-corrected chi connectivity index (χ0v) is 12.3. The van der Waals surface area contributed by atoms with E-state index in [2.05, 4.69) is 10.1 Å². The Kier molecular flexibility index (Phi) is 5.28. The van der Waals surface area contributed by atoms with E-state index in [1.807, 2.05) is 7.05 Å². The third kappa shape index (κ3) is 4.62. The Bertz CT molecular complexity index is 501. The molecule has 1 unspecified atom stereocenters. The number of carbonyl (C=O) groups excluding carboxylic acids is 1. The third-order valence-electron chi connectivity index (χ3n) is 3.63. The Morgan fingerprint density at radius 2 is 2.05 bits per heavy atom. The number of carbonyl (C=O) groups is 1. The summed E-state index contributed by atoms with van der Waals surface area (Å²) in [6.45, 7) is 2.20. The second kappa shape index (κ2) is 7.00. The number of hydrogen-bond acceptors (Lipinski definition) is 3. The molecule has 1 aliphatic rings. The van der Waals surface area contributed by atoms with Gasteiger partial charge in [0.15, 0.2) is 0 Å². The average molecular weight is 316 g/mol. The molecule has 0 aromatic heterocycles. The summed E-state index contributed by atoms with van der Waals surface area (Å²) in [4.78, 5) is 14.1. The minimum atomic E-state index is -4.72. The first-order valence-corrected chi connectivity index (χ1v) is 7.19. The van der Waals surface area contributed by atoms with Gasteiger partial charge in [0.25, 0.3) is 5.91 Å². The van der Waals surface area contributed by atoms with Gasteiger partial charge in [-0.05, 0) is 56.6 Å².